The molecule has 1 aromatic carbocycles. The lowest BCUT2D eigenvalue weighted by atomic mass is 10.2. The largest absolute Gasteiger partial charge is 0.457 e. The number of nitrogens with one attached hydrogen (secondary N) is 1. The third kappa shape index (κ3) is 3.96. The van der Waals surface area contributed by atoms with Gasteiger partial charge in [0, 0.05) is 18.0 Å². The summed E-state index contributed by atoms with van der Waals surface area (Å²) in [6.07, 6.45) is 4.14. The van der Waals surface area contributed by atoms with Crippen LogP contribution in [0.25, 0.3) is 17.0 Å². The van der Waals surface area contributed by atoms with Crippen molar-refractivity contribution in [2.24, 2.45) is 0 Å². The van der Waals surface area contributed by atoms with Gasteiger partial charge in [-0.2, -0.15) is 0 Å². The van der Waals surface area contributed by atoms with Crippen LogP contribution in [-0.4, -0.2) is 23.7 Å². The molecule has 2 rings (SSSR count). The number of carbonyl (C=O) groups excluding carboxylic acids is 1. The zero-order chi connectivity index (χ0) is 14.4. The summed E-state index contributed by atoms with van der Waals surface area (Å²) in [5.74, 6) is 0.399. The van der Waals surface area contributed by atoms with Gasteiger partial charge in [-0.25, -0.2) is 0 Å². The fourth-order valence-electron chi connectivity index (χ4n) is 1.95. The van der Waals surface area contributed by atoms with Gasteiger partial charge in [-0.1, -0.05) is 31.5 Å². The lowest BCUT2D eigenvalue weighted by Crippen LogP contribution is -2.30. The number of aliphatic hydroxyl groups is 1. The number of rotatable bonds is 6. The van der Waals surface area contributed by atoms with Crippen molar-refractivity contribution in [1.29, 1.82) is 0 Å². The Labute approximate surface area is 118 Å². The molecule has 2 N–H and O–H groups in total. The van der Waals surface area contributed by atoms with Gasteiger partial charge in [0.05, 0.1) is 6.10 Å². The van der Waals surface area contributed by atoms with Crippen molar-refractivity contribution in [3.8, 4) is 0 Å². The van der Waals surface area contributed by atoms with Crippen molar-refractivity contribution in [2.45, 2.75) is 25.9 Å². The number of carbonyl (C=O) groups is 1. The number of hydrogen-bond donors (Lipinski definition) is 2. The molecule has 0 aliphatic carbocycles. The average molecular weight is 273 g/mol. The minimum absolute atomic E-state index is 0.236. The molecule has 2 aromatic rings. The smallest absolute Gasteiger partial charge is 0.244 e. The summed E-state index contributed by atoms with van der Waals surface area (Å²) in [4.78, 5) is 11.6. The van der Waals surface area contributed by atoms with Crippen LogP contribution < -0.4 is 5.32 Å². The Morgan fingerprint density at radius 1 is 1.45 bits per heavy atom. The molecule has 1 atom stereocenters. The molecule has 1 amide bonds. The normalized spacial score (nSPS) is 12.9. The Kier molecular flexibility index (Phi) is 4.96. The van der Waals surface area contributed by atoms with E-state index in [0.717, 1.165) is 17.4 Å². The van der Waals surface area contributed by atoms with E-state index in [1.165, 1.54) is 6.08 Å². The molecular formula is C16H19NO3. The lowest BCUT2D eigenvalue weighted by Gasteiger charge is -2.08. The van der Waals surface area contributed by atoms with E-state index in [9.17, 15) is 9.90 Å². The van der Waals surface area contributed by atoms with Gasteiger partial charge in [-0.05, 0) is 24.6 Å². The van der Waals surface area contributed by atoms with E-state index in [2.05, 4.69) is 5.32 Å². The maximum Gasteiger partial charge on any atom is 0.244 e. The van der Waals surface area contributed by atoms with Crippen LogP contribution in [0.5, 0.6) is 0 Å². The highest BCUT2D eigenvalue weighted by Crippen LogP contribution is 2.19. The second kappa shape index (κ2) is 6.91. The van der Waals surface area contributed by atoms with E-state index in [1.54, 1.807) is 6.08 Å². The molecule has 106 valence electrons. The van der Waals surface area contributed by atoms with Crippen molar-refractivity contribution in [3.63, 3.8) is 0 Å². The summed E-state index contributed by atoms with van der Waals surface area (Å²) < 4.78 is 5.57. The molecule has 1 heterocycles. The summed E-state index contributed by atoms with van der Waals surface area (Å²) in [5.41, 5.74) is 0.797. The monoisotopic (exact) mass is 273 g/mol. The van der Waals surface area contributed by atoms with E-state index < -0.39 is 6.10 Å². The van der Waals surface area contributed by atoms with Gasteiger partial charge in [0.15, 0.2) is 0 Å². The van der Waals surface area contributed by atoms with E-state index in [-0.39, 0.29) is 12.5 Å². The number of hydrogen-bond acceptors (Lipinski definition) is 3. The van der Waals surface area contributed by atoms with Gasteiger partial charge in [0.1, 0.15) is 11.3 Å². The highest BCUT2D eigenvalue weighted by atomic mass is 16.3. The van der Waals surface area contributed by atoms with Crippen LogP contribution in [0.3, 0.4) is 0 Å². The van der Waals surface area contributed by atoms with E-state index in [0.29, 0.717) is 12.2 Å². The molecule has 0 saturated carbocycles. The minimum Gasteiger partial charge on any atom is -0.457 e. The Morgan fingerprint density at radius 3 is 3.00 bits per heavy atom. The van der Waals surface area contributed by atoms with Crippen molar-refractivity contribution >= 4 is 23.0 Å². The Morgan fingerprint density at radius 2 is 2.25 bits per heavy atom. The van der Waals surface area contributed by atoms with E-state index in [4.69, 9.17) is 4.42 Å². The maximum absolute atomic E-state index is 11.6. The predicted octanol–water partition coefficient (Wildman–Crippen LogP) is 2.72. The van der Waals surface area contributed by atoms with Gasteiger partial charge in [-0.15, -0.1) is 0 Å². The highest BCUT2D eigenvalue weighted by Gasteiger charge is 2.04. The molecule has 20 heavy (non-hydrogen) atoms. The topological polar surface area (TPSA) is 62.5 Å². The van der Waals surface area contributed by atoms with E-state index in [1.807, 2.05) is 37.3 Å². The SMILES string of the molecule is CCCC(O)CNC(=O)/C=C/c1cc2ccccc2o1. The number of fused-ring (bicyclic) bond motifs is 1. The third-order valence-corrected chi connectivity index (χ3v) is 2.98. The fourth-order valence-corrected chi connectivity index (χ4v) is 1.95. The minimum atomic E-state index is -0.483. The zero-order valence-corrected chi connectivity index (χ0v) is 11.5. The van der Waals surface area contributed by atoms with Gasteiger partial charge in [0.25, 0.3) is 0 Å². The summed E-state index contributed by atoms with van der Waals surface area (Å²) in [7, 11) is 0. The zero-order valence-electron chi connectivity index (χ0n) is 11.5. The van der Waals surface area contributed by atoms with Gasteiger partial charge < -0.3 is 14.8 Å². The molecule has 1 unspecified atom stereocenters. The maximum atomic E-state index is 11.6. The van der Waals surface area contributed by atoms with E-state index >= 15 is 0 Å². The third-order valence-electron chi connectivity index (χ3n) is 2.98. The summed E-state index contributed by atoms with van der Waals surface area (Å²) in [5, 5.41) is 13.2. The molecule has 4 heteroatoms. The highest BCUT2D eigenvalue weighted by molar-refractivity contribution is 5.92. The lowest BCUT2D eigenvalue weighted by molar-refractivity contribution is -0.116. The van der Waals surface area contributed by atoms with Crippen molar-refractivity contribution in [3.05, 3.63) is 42.2 Å². The second-order valence-corrected chi connectivity index (χ2v) is 4.71. The van der Waals surface area contributed by atoms with Gasteiger partial charge in [0.2, 0.25) is 5.91 Å². The first-order chi connectivity index (χ1) is 9.69. The molecule has 0 aliphatic heterocycles. The molecule has 0 aliphatic rings. The Hall–Kier alpha value is -2.07. The number of furan rings is 1. The van der Waals surface area contributed by atoms with Crippen molar-refractivity contribution < 1.29 is 14.3 Å². The first-order valence-corrected chi connectivity index (χ1v) is 6.81. The number of amides is 1. The quantitative estimate of drug-likeness (QED) is 0.795. The number of para-hydroxylation sites is 1. The van der Waals surface area contributed by atoms with Crippen LogP contribution in [0.15, 0.2) is 40.8 Å². The predicted molar refractivity (Wildman–Crippen MR) is 79.2 cm³/mol. The Bertz CT molecular complexity index is 568. The van der Waals surface area contributed by atoms with Crippen LogP contribution in [0.1, 0.15) is 25.5 Å². The Balaban J connectivity index is 1.90. The van der Waals surface area contributed by atoms with Crippen LogP contribution in [0.4, 0.5) is 0 Å². The molecular weight excluding hydrogens is 254 g/mol. The summed E-state index contributed by atoms with van der Waals surface area (Å²) in [6, 6.07) is 9.56. The van der Waals surface area contributed by atoms with Crippen molar-refractivity contribution in [1.82, 2.24) is 5.32 Å². The van der Waals surface area contributed by atoms with Crippen LogP contribution in [0.2, 0.25) is 0 Å². The molecule has 4 nitrogen and oxygen atoms in total. The van der Waals surface area contributed by atoms with Gasteiger partial charge >= 0.3 is 0 Å². The molecule has 0 spiro atoms. The summed E-state index contributed by atoms with van der Waals surface area (Å²) >= 11 is 0. The van der Waals surface area contributed by atoms with Crippen LogP contribution in [0, 0.1) is 0 Å². The molecule has 0 saturated heterocycles. The number of benzene rings is 1. The molecule has 0 fully saturated rings. The molecule has 0 radical (unpaired) electrons. The van der Waals surface area contributed by atoms with Gasteiger partial charge in [-0.3, -0.25) is 4.79 Å². The summed E-state index contributed by atoms with van der Waals surface area (Å²) in [6.45, 7) is 2.27. The average Bonchev–Trinajstić information content (AvgIpc) is 2.86. The standard InChI is InChI=1S/C16H19NO3/c1-2-5-13(18)11-17-16(19)9-8-14-10-12-6-3-4-7-15(12)20-14/h3-4,6-10,13,18H,2,5,11H2,1H3,(H,17,19)/b9-8+. The van der Waals surface area contributed by atoms with Crippen molar-refractivity contribution in [2.75, 3.05) is 6.54 Å². The second-order valence-electron chi connectivity index (χ2n) is 4.71. The molecule has 0 bridgehead atoms. The first kappa shape index (κ1) is 14.3. The first-order valence-electron chi connectivity index (χ1n) is 6.81. The molecule has 1 aromatic heterocycles. The fraction of sp³-hybridized carbons (Fsp3) is 0.312. The number of aliphatic hydroxyl groups excluding tert-OH is 1. The van der Waals surface area contributed by atoms with Crippen LogP contribution >= 0.6 is 0 Å². The van der Waals surface area contributed by atoms with Crippen LogP contribution in [-0.2, 0) is 4.79 Å².